The molecule has 0 fully saturated rings. The Morgan fingerprint density at radius 3 is 2.81 bits per heavy atom. The summed E-state index contributed by atoms with van der Waals surface area (Å²) in [6, 6.07) is 6.72. The lowest BCUT2D eigenvalue weighted by Crippen LogP contribution is -2.23. The summed E-state index contributed by atoms with van der Waals surface area (Å²) < 4.78 is 36.8. The van der Waals surface area contributed by atoms with Gasteiger partial charge in [-0.25, -0.2) is 4.98 Å². The maximum Gasteiger partial charge on any atom is 0.398 e. The van der Waals surface area contributed by atoms with Gasteiger partial charge in [-0.05, 0) is 23.6 Å². The van der Waals surface area contributed by atoms with E-state index >= 15 is 0 Å². The van der Waals surface area contributed by atoms with Crippen LogP contribution in [0.1, 0.15) is 15.2 Å². The molecule has 1 amide bonds. The summed E-state index contributed by atoms with van der Waals surface area (Å²) in [7, 11) is 0. The van der Waals surface area contributed by atoms with Crippen LogP contribution in [0.2, 0.25) is 0 Å². The van der Waals surface area contributed by atoms with Gasteiger partial charge >= 0.3 is 6.18 Å². The van der Waals surface area contributed by atoms with Gasteiger partial charge in [0, 0.05) is 11.1 Å². The van der Waals surface area contributed by atoms with Crippen molar-refractivity contribution in [3.05, 3.63) is 46.3 Å². The van der Waals surface area contributed by atoms with Crippen molar-refractivity contribution >= 4 is 29.0 Å². The second kappa shape index (κ2) is 6.95. The van der Waals surface area contributed by atoms with Crippen LogP contribution in [-0.2, 0) is 6.54 Å². The molecule has 0 aromatic carbocycles. The van der Waals surface area contributed by atoms with Gasteiger partial charge in [0.25, 0.3) is 5.91 Å². The number of nitrogens with zero attached hydrogens (tertiary/aromatic N) is 1. The molecule has 2 rings (SSSR count). The van der Waals surface area contributed by atoms with Gasteiger partial charge in [0.2, 0.25) is 0 Å². The largest absolute Gasteiger partial charge is 0.398 e. The van der Waals surface area contributed by atoms with E-state index in [1.807, 2.05) is 17.5 Å². The first-order valence-electron chi connectivity index (χ1n) is 5.91. The lowest BCUT2D eigenvalue weighted by Gasteiger charge is -2.09. The normalized spacial score (nSPS) is 11.4. The van der Waals surface area contributed by atoms with Gasteiger partial charge in [-0.15, -0.1) is 11.3 Å². The Balaban J connectivity index is 2.02. The summed E-state index contributed by atoms with van der Waals surface area (Å²) in [4.78, 5) is 16.9. The zero-order chi connectivity index (χ0) is 15.3. The first kappa shape index (κ1) is 15.8. The highest BCUT2D eigenvalue weighted by molar-refractivity contribution is 7.99. The summed E-state index contributed by atoms with van der Waals surface area (Å²) in [5.74, 6) is -1.50. The maximum atomic E-state index is 12.3. The predicted molar refractivity (Wildman–Crippen MR) is 76.5 cm³/mol. The Labute approximate surface area is 127 Å². The van der Waals surface area contributed by atoms with E-state index in [1.165, 1.54) is 29.7 Å². The number of rotatable bonds is 5. The lowest BCUT2D eigenvalue weighted by molar-refractivity contribution is -0.105. The third-order valence-electron chi connectivity index (χ3n) is 2.39. The third kappa shape index (κ3) is 5.05. The van der Waals surface area contributed by atoms with Crippen LogP contribution in [-0.4, -0.2) is 22.8 Å². The molecule has 0 saturated carbocycles. The monoisotopic (exact) mass is 332 g/mol. The fourth-order valence-electron chi connectivity index (χ4n) is 1.50. The number of aromatic nitrogens is 1. The quantitative estimate of drug-likeness (QED) is 0.849. The molecule has 0 spiro atoms. The smallest absolute Gasteiger partial charge is 0.347 e. The first-order valence-corrected chi connectivity index (χ1v) is 7.77. The lowest BCUT2D eigenvalue weighted by atomic mass is 10.2. The molecule has 0 saturated heterocycles. The molecule has 2 aromatic rings. The summed E-state index contributed by atoms with van der Waals surface area (Å²) in [6.45, 7) is 0.342. The fraction of sp³-hybridized carbons (Fsp3) is 0.231. The van der Waals surface area contributed by atoms with E-state index in [9.17, 15) is 18.0 Å². The van der Waals surface area contributed by atoms with Crippen molar-refractivity contribution in [1.29, 1.82) is 0 Å². The van der Waals surface area contributed by atoms with Crippen LogP contribution in [0.15, 0.2) is 40.9 Å². The molecule has 2 aromatic heterocycles. The van der Waals surface area contributed by atoms with Crippen LogP contribution < -0.4 is 5.32 Å². The maximum absolute atomic E-state index is 12.3. The van der Waals surface area contributed by atoms with Crippen LogP contribution in [0.5, 0.6) is 0 Å². The van der Waals surface area contributed by atoms with Crippen molar-refractivity contribution in [2.75, 3.05) is 5.75 Å². The fourth-order valence-corrected chi connectivity index (χ4v) is 2.90. The second-order valence-electron chi connectivity index (χ2n) is 4.02. The van der Waals surface area contributed by atoms with E-state index in [-0.39, 0.29) is 10.6 Å². The van der Waals surface area contributed by atoms with Gasteiger partial charge in [-0.1, -0.05) is 17.8 Å². The van der Waals surface area contributed by atoms with E-state index in [4.69, 9.17) is 0 Å². The Bertz CT molecular complexity index is 600. The minimum absolute atomic E-state index is 0.0819. The van der Waals surface area contributed by atoms with Crippen LogP contribution >= 0.6 is 23.1 Å². The number of nitrogens with one attached hydrogen (secondary N) is 1. The van der Waals surface area contributed by atoms with Crippen molar-refractivity contribution < 1.29 is 18.0 Å². The van der Waals surface area contributed by atoms with Crippen molar-refractivity contribution in [1.82, 2.24) is 10.3 Å². The van der Waals surface area contributed by atoms with Gasteiger partial charge in [-0.3, -0.25) is 4.79 Å². The van der Waals surface area contributed by atoms with Crippen molar-refractivity contribution in [2.24, 2.45) is 0 Å². The van der Waals surface area contributed by atoms with Crippen LogP contribution in [0.25, 0.3) is 0 Å². The Kier molecular flexibility index (Phi) is 5.24. The topological polar surface area (TPSA) is 42.0 Å². The number of thioether (sulfide) groups is 1. The average Bonchev–Trinajstić information content (AvgIpc) is 2.95. The summed E-state index contributed by atoms with van der Waals surface area (Å²) in [5, 5.41) is 4.64. The molecule has 1 N–H and O–H groups in total. The first-order chi connectivity index (χ1) is 9.96. The van der Waals surface area contributed by atoms with E-state index in [1.54, 1.807) is 0 Å². The molecule has 0 aliphatic carbocycles. The number of hydrogen-bond donors (Lipinski definition) is 1. The van der Waals surface area contributed by atoms with Gasteiger partial charge in [0.1, 0.15) is 5.03 Å². The van der Waals surface area contributed by atoms with Crippen LogP contribution in [0, 0.1) is 0 Å². The second-order valence-corrected chi connectivity index (χ2v) is 6.02. The molecular formula is C13H11F3N2OS2. The number of amides is 1. The number of carbonyl (C=O) groups is 1. The SMILES string of the molecule is O=C(NCc1cccs1)c1cccnc1SCC(F)(F)F. The van der Waals surface area contributed by atoms with Gasteiger partial charge in [0.05, 0.1) is 17.9 Å². The number of carbonyl (C=O) groups excluding carboxylic acids is 1. The zero-order valence-electron chi connectivity index (χ0n) is 10.7. The van der Waals surface area contributed by atoms with Crippen LogP contribution in [0.3, 0.4) is 0 Å². The van der Waals surface area contributed by atoms with Gasteiger partial charge in [0.15, 0.2) is 0 Å². The average molecular weight is 332 g/mol. The summed E-state index contributed by atoms with van der Waals surface area (Å²) in [6.07, 6.45) is -2.93. The highest BCUT2D eigenvalue weighted by atomic mass is 32.2. The molecule has 0 atom stereocenters. The number of halogens is 3. The number of hydrogen-bond acceptors (Lipinski definition) is 4. The van der Waals surface area contributed by atoms with Crippen LogP contribution in [0.4, 0.5) is 13.2 Å². The molecule has 2 heterocycles. The summed E-state index contributed by atoms with van der Waals surface area (Å²) >= 11 is 2.00. The molecule has 0 unspecified atom stereocenters. The van der Waals surface area contributed by atoms with Gasteiger partial charge in [-0.2, -0.15) is 13.2 Å². The van der Waals surface area contributed by atoms with Crippen molar-refractivity contribution in [3.8, 4) is 0 Å². The molecule has 21 heavy (non-hydrogen) atoms. The Morgan fingerprint density at radius 1 is 1.33 bits per heavy atom. The predicted octanol–water partition coefficient (Wildman–Crippen LogP) is 3.73. The highest BCUT2D eigenvalue weighted by Gasteiger charge is 2.28. The number of thiophene rings is 1. The number of alkyl halides is 3. The molecule has 3 nitrogen and oxygen atoms in total. The molecular weight excluding hydrogens is 321 g/mol. The molecule has 112 valence electrons. The standard InChI is InChI=1S/C13H11F3N2OS2/c14-13(15,16)8-21-12-10(4-1-5-17-12)11(19)18-7-9-3-2-6-20-9/h1-6H,7-8H2,(H,18,19). The highest BCUT2D eigenvalue weighted by Crippen LogP contribution is 2.28. The van der Waals surface area contributed by atoms with Crippen molar-refractivity contribution in [3.63, 3.8) is 0 Å². The molecule has 0 aliphatic heterocycles. The molecule has 8 heteroatoms. The molecule has 0 bridgehead atoms. The number of pyridine rings is 1. The third-order valence-corrected chi connectivity index (χ3v) is 4.34. The van der Waals surface area contributed by atoms with Crippen molar-refractivity contribution in [2.45, 2.75) is 17.7 Å². The zero-order valence-corrected chi connectivity index (χ0v) is 12.3. The van der Waals surface area contributed by atoms with E-state index in [2.05, 4.69) is 10.3 Å². The minimum Gasteiger partial charge on any atom is -0.347 e. The van der Waals surface area contributed by atoms with Gasteiger partial charge < -0.3 is 5.32 Å². The summed E-state index contributed by atoms with van der Waals surface area (Å²) in [5.41, 5.74) is 0.156. The minimum atomic E-state index is -4.30. The van der Waals surface area contributed by atoms with E-state index in [0.717, 1.165) is 4.88 Å². The molecule has 0 aliphatic rings. The molecule has 0 radical (unpaired) electrons. The Hall–Kier alpha value is -1.54. The van der Waals surface area contributed by atoms with E-state index in [0.29, 0.717) is 18.3 Å². The Morgan fingerprint density at radius 2 is 2.14 bits per heavy atom. The van der Waals surface area contributed by atoms with E-state index < -0.39 is 17.8 Å².